The fourth-order valence-corrected chi connectivity index (χ4v) is 0.935. The summed E-state index contributed by atoms with van der Waals surface area (Å²) in [5.74, 6) is 4.42. The van der Waals surface area contributed by atoms with Gasteiger partial charge in [0.1, 0.15) is 5.82 Å². The molecule has 1 aromatic carbocycles. The lowest BCUT2D eigenvalue weighted by molar-refractivity contribution is 0.124. The first-order valence-corrected chi connectivity index (χ1v) is 3.47. The minimum atomic E-state index is -0.418. The molecule has 0 heterocycles. The maximum absolute atomic E-state index is 12.8. The Kier molecular flexibility index (Phi) is 3.16. The highest BCUT2D eigenvalue weighted by atomic mass is 19.1. The van der Waals surface area contributed by atoms with E-state index in [0.29, 0.717) is 0 Å². The third-order valence-electron chi connectivity index (χ3n) is 1.53. The summed E-state index contributed by atoms with van der Waals surface area (Å²) >= 11 is 0. The third kappa shape index (κ3) is 2.01. The monoisotopic (exact) mass is 171 g/mol. The van der Waals surface area contributed by atoms with Crippen LogP contribution < -0.4 is 5.90 Å². The van der Waals surface area contributed by atoms with Gasteiger partial charge in [-0.2, -0.15) is 0 Å². The molecule has 0 radical (unpaired) electrons. The van der Waals surface area contributed by atoms with Crippen LogP contribution in [0.5, 0.6) is 0 Å². The molecule has 3 N–H and O–H groups in total. The molecule has 12 heavy (non-hydrogen) atoms. The maximum atomic E-state index is 12.8. The highest BCUT2D eigenvalue weighted by molar-refractivity contribution is 5.23. The van der Waals surface area contributed by atoms with Crippen LogP contribution in [0.4, 0.5) is 4.39 Å². The van der Waals surface area contributed by atoms with Crippen molar-refractivity contribution in [1.82, 2.24) is 0 Å². The Morgan fingerprint density at radius 1 is 1.50 bits per heavy atom. The van der Waals surface area contributed by atoms with Gasteiger partial charge in [-0.05, 0) is 17.7 Å². The van der Waals surface area contributed by atoms with Crippen molar-refractivity contribution in [3.05, 3.63) is 35.1 Å². The Hall–Kier alpha value is -0.970. The summed E-state index contributed by atoms with van der Waals surface area (Å²) in [5, 5.41) is 8.70. The fraction of sp³-hybridized carbons (Fsp3) is 0.250. The molecule has 0 aliphatic rings. The van der Waals surface area contributed by atoms with E-state index in [1.54, 1.807) is 6.07 Å². The lowest BCUT2D eigenvalue weighted by Gasteiger charge is -2.02. The second-order valence-electron chi connectivity index (χ2n) is 2.39. The van der Waals surface area contributed by atoms with Crippen LogP contribution in [-0.2, 0) is 18.1 Å². The molecule has 0 saturated heterocycles. The molecular weight excluding hydrogens is 161 g/mol. The van der Waals surface area contributed by atoms with Crippen LogP contribution in [0.25, 0.3) is 0 Å². The zero-order valence-corrected chi connectivity index (χ0v) is 6.46. The summed E-state index contributed by atoms with van der Waals surface area (Å²) in [5.41, 5.74) is 0.993. The zero-order chi connectivity index (χ0) is 8.97. The van der Waals surface area contributed by atoms with E-state index < -0.39 is 5.82 Å². The van der Waals surface area contributed by atoms with E-state index in [1.165, 1.54) is 12.1 Å². The molecule has 3 nitrogen and oxygen atoms in total. The molecule has 0 unspecified atom stereocenters. The molecule has 1 rings (SSSR count). The Morgan fingerprint density at radius 2 is 2.25 bits per heavy atom. The highest BCUT2D eigenvalue weighted by Crippen LogP contribution is 2.10. The van der Waals surface area contributed by atoms with Crippen LogP contribution in [0.15, 0.2) is 18.2 Å². The van der Waals surface area contributed by atoms with Gasteiger partial charge in [-0.25, -0.2) is 10.3 Å². The standard InChI is InChI=1S/C8H10FNO2/c9-8-2-1-6(5-12-10)3-7(8)4-11/h1-3,11H,4-5,10H2. The second kappa shape index (κ2) is 4.15. The number of aliphatic hydroxyl groups excluding tert-OH is 1. The molecule has 0 aliphatic carbocycles. The zero-order valence-electron chi connectivity index (χ0n) is 6.46. The number of aliphatic hydroxyl groups is 1. The average Bonchev–Trinajstić information content (AvgIpc) is 2.09. The van der Waals surface area contributed by atoms with Crippen molar-refractivity contribution in [2.24, 2.45) is 5.90 Å². The molecule has 0 aliphatic heterocycles. The van der Waals surface area contributed by atoms with Gasteiger partial charge in [0, 0.05) is 5.56 Å². The smallest absolute Gasteiger partial charge is 0.128 e. The number of hydrogen-bond donors (Lipinski definition) is 2. The molecule has 0 aromatic heterocycles. The first kappa shape index (κ1) is 9.12. The van der Waals surface area contributed by atoms with Crippen molar-refractivity contribution in [2.75, 3.05) is 0 Å². The maximum Gasteiger partial charge on any atom is 0.128 e. The van der Waals surface area contributed by atoms with Crippen molar-refractivity contribution < 1.29 is 14.3 Å². The van der Waals surface area contributed by atoms with Crippen LogP contribution in [0.3, 0.4) is 0 Å². The van der Waals surface area contributed by atoms with Crippen LogP contribution in [0, 0.1) is 5.82 Å². The van der Waals surface area contributed by atoms with E-state index >= 15 is 0 Å². The van der Waals surface area contributed by atoms with Crippen molar-refractivity contribution in [2.45, 2.75) is 13.2 Å². The molecule has 0 fully saturated rings. The van der Waals surface area contributed by atoms with E-state index in [9.17, 15) is 4.39 Å². The van der Waals surface area contributed by atoms with Gasteiger partial charge in [-0.15, -0.1) is 0 Å². The van der Waals surface area contributed by atoms with Gasteiger partial charge in [0.05, 0.1) is 13.2 Å². The van der Waals surface area contributed by atoms with Gasteiger partial charge in [0.15, 0.2) is 0 Å². The van der Waals surface area contributed by atoms with E-state index in [2.05, 4.69) is 4.84 Å². The highest BCUT2D eigenvalue weighted by Gasteiger charge is 2.01. The first-order valence-electron chi connectivity index (χ1n) is 3.47. The van der Waals surface area contributed by atoms with Crippen molar-refractivity contribution >= 4 is 0 Å². The van der Waals surface area contributed by atoms with Crippen LogP contribution >= 0.6 is 0 Å². The average molecular weight is 171 g/mol. The quantitative estimate of drug-likeness (QED) is 0.658. The molecule has 0 amide bonds. The lowest BCUT2D eigenvalue weighted by Crippen LogP contribution is -2.00. The van der Waals surface area contributed by atoms with Crippen molar-refractivity contribution in [1.29, 1.82) is 0 Å². The van der Waals surface area contributed by atoms with Gasteiger partial charge in [0.2, 0.25) is 0 Å². The molecule has 0 spiro atoms. The molecule has 0 bridgehead atoms. The van der Waals surface area contributed by atoms with E-state index in [-0.39, 0.29) is 18.8 Å². The summed E-state index contributed by atoms with van der Waals surface area (Å²) in [4.78, 5) is 4.36. The van der Waals surface area contributed by atoms with Crippen LogP contribution in [0.1, 0.15) is 11.1 Å². The predicted molar refractivity (Wildman–Crippen MR) is 41.3 cm³/mol. The molecule has 0 atom stereocenters. The number of hydrogen-bond acceptors (Lipinski definition) is 3. The summed E-state index contributed by atoms with van der Waals surface area (Å²) in [6, 6.07) is 4.35. The normalized spacial score (nSPS) is 10.2. The Balaban J connectivity index is 2.89. The summed E-state index contributed by atoms with van der Waals surface area (Å²) < 4.78 is 12.8. The van der Waals surface area contributed by atoms with Gasteiger partial charge in [-0.3, -0.25) is 4.84 Å². The van der Waals surface area contributed by atoms with Crippen LogP contribution in [-0.4, -0.2) is 5.11 Å². The predicted octanol–water partition coefficient (Wildman–Crippen LogP) is 0.708. The minimum absolute atomic E-state index is 0.216. The largest absolute Gasteiger partial charge is 0.392 e. The summed E-state index contributed by atoms with van der Waals surface area (Å²) in [6.07, 6.45) is 0. The Morgan fingerprint density at radius 3 is 2.83 bits per heavy atom. The van der Waals surface area contributed by atoms with Gasteiger partial charge >= 0.3 is 0 Å². The molecule has 66 valence electrons. The topological polar surface area (TPSA) is 55.5 Å². The number of benzene rings is 1. The fourth-order valence-electron chi connectivity index (χ4n) is 0.935. The number of nitrogens with two attached hydrogens (primary N) is 1. The molecular formula is C8H10FNO2. The van der Waals surface area contributed by atoms with E-state index in [1.807, 2.05) is 0 Å². The SMILES string of the molecule is NOCc1ccc(F)c(CO)c1. The van der Waals surface area contributed by atoms with Crippen LogP contribution in [0.2, 0.25) is 0 Å². The second-order valence-corrected chi connectivity index (χ2v) is 2.39. The molecule has 1 aromatic rings. The lowest BCUT2D eigenvalue weighted by atomic mass is 10.1. The van der Waals surface area contributed by atoms with Gasteiger partial charge in [0.25, 0.3) is 0 Å². The number of halogens is 1. The number of rotatable bonds is 3. The van der Waals surface area contributed by atoms with Crippen molar-refractivity contribution in [3.63, 3.8) is 0 Å². The molecule has 0 saturated carbocycles. The first-order chi connectivity index (χ1) is 5.77. The Bertz CT molecular complexity index is 265. The van der Waals surface area contributed by atoms with E-state index in [4.69, 9.17) is 11.0 Å². The summed E-state index contributed by atoms with van der Waals surface area (Å²) in [6.45, 7) is -0.0997. The summed E-state index contributed by atoms with van der Waals surface area (Å²) in [7, 11) is 0. The van der Waals surface area contributed by atoms with E-state index in [0.717, 1.165) is 5.56 Å². The molecule has 4 heteroatoms. The van der Waals surface area contributed by atoms with Crippen molar-refractivity contribution in [3.8, 4) is 0 Å². The van der Waals surface area contributed by atoms with Gasteiger partial charge in [-0.1, -0.05) is 6.07 Å². The Labute approximate surface area is 69.5 Å². The third-order valence-corrected chi connectivity index (χ3v) is 1.53. The minimum Gasteiger partial charge on any atom is -0.392 e. The van der Waals surface area contributed by atoms with Gasteiger partial charge < -0.3 is 5.11 Å².